The highest BCUT2D eigenvalue weighted by Gasteiger charge is 2.67. The van der Waals surface area contributed by atoms with Gasteiger partial charge in [-0.15, -0.1) is 0 Å². The Labute approximate surface area is 248 Å². The summed E-state index contributed by atoms with van der Waals surface area (Å²) in [7, 11) is 0. The molecule has 1 spiro atoms. The number of rotatable bonds is 9. The molecule has 1 saturated heterocycles. The lowest BCUT2D eigenvalue weighted by Gasteiger charge is -2.60. The summed E-state index contributed by atoms with van der Waals surface area (Å²) in [6.45, 7) is 6.33. The van der Waals surface area contributed by atoms with Gasteiger partial charge in [-0.1, -0.05) is 44.2 Å². The van der Waals surface area contributed by atoms with Crippen LogP contribution in [0, 0.1) is 17.8 Å². The standard InChI is InChI=1S/C35H42N2O5/c1-21(2)18-37(30(40)13-10-22-6-4-3-5-7-22)27-12-11-26-28-17-24-16-25(29(39)20-38)32(41)33-31(24)35(26,34(27)42-33)14-15-36(28)19-23-8-9-23/h3-7,10,13,16,21,23,26-28,34,38,41H,8-9,11-12,14-15,17-20H2,1-2H3/t26-,27?,28+,34?,35-/m0/s1. The molecule has 0 radical (unpaired) electrons. The zero-order valence-corrected chi connectivity index (χ0v) is 24.7. The first-order valence-corrected chi connectivity index (χ1v) is 15.8. The van der Waals surface area contributed by atoms with Crippen LogP contribution < -0.4 is 4.74 Å². The maximum absolute atomic E-state index is 13.9. The number of phenols is 1. The lowest BCUT2D eigenvalue weighted by molar-refractivity contribution is -0.138. The number of phenolic OH excluding ortho intramolecular Hbond substituents is 1. The Morgan fingerprint density at radius 1 is 1.17 bits per heavy atom. The van der Waals surface area contributed by atoms with E-state index in [1.165, 1.54) is 12.8 Å². The molecular formula is C35H42N2O5. The number of aliphatic hydroxyl groups excluding tert-OH is 1. The van der Waals surface area contributed by atoms with Gasteiger partial charge in [0.15, 0.2) is 17.3 Å². The van der Waals surface area contributed by atoms with Crippen molar-refractivity contribution >= 4 is 17.8 Å². The summed E-state index contributed by atoms with van der Waals surface area (Å²) < 4.78 is 6.84. The third-order valence-corrected chi connectivity index (χ3v) is 10.6. The molecule has 2 bridgehead atoms. The van der Waals surface area contributed by atoms with Crippen molar-refractivity contribution < 1.29 is 24.5 Å². The molecule has 42 heavy (non-hydrogen) atoms. The van der Waals surface area contributed by atoms with Crippen LogP contribution in [0.25, 0.3) is 6.08 Å². The molecule has 2 unspecified atom stereocenters. The monoisotopic (exact) mass is 570 g/mol. The first-order valence-electron chi connectivity index (χ1n) is 15.8. The second-order valence-electron chi connectivity index (χ2n) is 13.6. The van der Waals surface area contributed by atoms with Crippen LogP contribution in [0.5, 0.6) is 11.5 Å². The normalized spacial score (nSPS) is 29.4. The van der Waals surface area contributed by atoms with Crippen LogP contribution in [0.3, 0.4) is 0 Å². The van der Waals surface area contributed by atoms with Crippen LogP contribution in [0.4, 0.5) is 0 Å². The lowest BCUT2D eigenvalue weighted by Crippen LogP contribution is -2.69. The topological polar surface area (TPSA) is 90.3 Å². The Bertz CT molecular complexity index is 1420. The lowest BCUT2D eigenvalue weighted by atomic mass is 9.50. The minimum Gasteiger partial charge on any atom is -0.504 e. The molecule has 2 aromatic rings. The van der Waals surface area contributed by atoms with Crippen molar-refractivity contribution in [3.63, 3.8) is 0 Å². The van der Waals surface area contributed by atoms with Crippen LogP contribution in [-0.2, 0) is 16.6 Å². The van der Waals surface area contributed by atoms with E-state index in [9.17, 15) is 19.8 Å². The van der Waals surface area contributed by atoms with Gasteiger partial charge in [-0.3, -0.25) is 14.5 Å². The largest absolute Gasteiger partial charge is 0.504 e. The number of ketones is 1. The maximum atomic E-state index is 13.9. The van der Waals surface area contributed by atoms with Gasteiger partial charge >= 0.3 is 0 Å². The number of nitrogens with zero attached hydrogens (tertiary/aromatic N) is 2. The second-order valence-corrected chi connectivity index (χ2v) is 13.6. The molecule has 0 aromatic heterocycles. The van der Waals surface area contributed by atoms with Crippen LogP contribution in [0.1, 0.15) is 73.0 Å². The van der Waals surface area contributed by atoms with E-state index in [2.05, 4.69) is 18.7 Å². The van der Waals surface area contributed by atoms with Crippen LogP contribution in [-0.4, -0.2) is 76.1 Å². The van der Waals surface area contributed by atoms with Gasteiger partial charge in [0.1, 0.15) is 12.7 Å². The molecule has 2 heterocycles. The molecule has 2 N–H and O–H groups in total. The molecule has 7 rings (SSSR count). The maximum Gasteiger partial charge on any atom is 0.246 e. The fraction of sp³-hybridized carbons (Fsp3) is 0.543. The fourth-order valence-corrected chi connectivity index (χ4v) is 8.76. The van der Waals surface area contributed by atoms with Gasteiger partial charge in [0.25, 0.3) is 0 Å². The van der Waals surface area contributed by atoms with E-state index in [0.717, 1.165) is 61.4 Å². The Kier molecular flexibility index (Phi) is 6.93. The molecular weight excluding hydrogens is 528 g/mol. The summed E-state index contributed by atoms with van der Waals surface area (Å²) in [6.07, 6.45) is 9.46. The van der Waals surface area contributed by atoms with Gasteiger partial charge in [-0.2, -0.15) is 0 Å². The first-order chi connectivity index (χ1) is 20.3. The third-order valence-electron chi connectivity index (χ3n) is 10.6. The molecule has 5 atom stereocenters. The quantitative estimate of drug-likeness (QED) is 0.339. The summed E-state index contributed by atoms with van der Waals surface area (Å²) >= 11 is 0. The van der Waals surface area contributed by atoms with E-state index in [1.807, 2.05) is 47.4 Å². The number of Topliss-reactive ketones (excluding diaryl/α,β-unsaturated/α-hetero) is 1. The summed E-state index contributed by atoms with van der Waals surface area (Å²) in [4.78, 5) is 31.4. The van der Waals surface area contributed by atoms with Crippen molar-refractivity contribution in [2.24, 2.45) is 17.8 Å². The molecule has 5 aliphatic rings. The molecule has 3 fully saturated rings. The zero-order chi connectivity index (χ0) is 29.2. The molecule has 2 saturated carbocycles. The predicted octanol–water partition coefficient (Wildman–Crippen LogP) is 4.58. The number of piperidine rings is 1. The molecule has 2 aromatic carbocycles. The Balaban J connectivity index is 1.30. The summed E-state index contributed by atoms with van der Waals surface area (Å²) in [6, 6.07) is 11.9. The highest BCUT2D eigenvalue weighted by atomic mass is 16.5. The Morgan fingerprint density at radius 3 is 2.67 bits per heavy atom. The number of hydrogen-bond donors (Lipinski definition) is 2. The van der Waals surface area contributed by atoms with Crippen LogP contribution >= 0.6 is 0 Å². The summed E-state index contributed by atoms with van der Waals surface area (Å²) in [5, 5.41) is 21.1. The van der Waals surface area contributed by atoms with E-state index >= 15 is 0 Å². The number of likely N-dealkylation sites (tertiary alicyclic amines) is 1. The Hall–Kier alpha value is -3.16. The van der Waals surface area contributed by atoms with E-state index in [0.29, 0.717) is 24.3 Å². The number of benzene rings is 2. The number of aromatic hydroxyl groups is 1. The zero-order valence-electron chi connectivity index (χ0n) is 24.7. The van der Waals surface area contributed by atoms with Gasteiger partial charge < -0.3 is 19.8 Å². The van der Waals surface area contributed by atoms with E-state index < -0.39 is 12.4 Å². The summed E-state index contributed by atoms with van der Waals surface area (Å²) in [5.74, 6) is 1.17. The van der Waals surface area contributed by atoms with Crippen LogP contribution in [0.15, 0.2) is 42.5 Å². The van der Waals surface area contributed by atoms with Crippen molar-refractivity contribution in [1.82, 2.24) is 9.80 Å². The van der Waals surface area contributed by atoms with E-state index in [1.54, 1.807) is 6.08 Å². The van der Waals surface area contributed by atoms with Gasteiger partial charge in [-0.25, -0.2) is 0 Å². The summed E-state index contributed by atoms with van der Waals surface area (Å²) in [5.41, 5.74) is 2.94. The highest BCUT2D eigenvalue weighted by molar-refractivity contribution is 6.01. The molecule has 3 aliphatic carbocycles. The molecule has 1 amide bonds. The second kappa shape index (κ2) is 10.5. The minimum absolute atomic E-state index is 0.0221. The van der Waals surface area contributed by atoms with Crippen molar-refractivity contribution in [1.29, 1.82) is 0 Å². The number of carbonyl (C=O) groups excluding carboxylic acids is 2. The van der Waals surface area contributed by atoms with Crippen LogP contribution in [0.2, 0.25) is 0 Å². The highest BCUT2D eigenvalue weighted by Crippen LogP contribution is 2.65. The van der Waals surface area contributed by atoms with Crippen molar-refractivity contribution in [2.75, 3.05) is 26.2 Å². The first kappa shape index (κ1) is 27.7. The number of ether oxygens (including phenoxy) is 1. The average molecular weight is 571 g/mol. The van der Waals surface area contributed by atoms with Gasteiger partial charge in [-0.05, 0) is 86.1 Å². The SMILES string of the molecule is CC(C)CN(C(=O)C=Cc1ccccc1)C1CC[C@H]2[C@H]3Cc4cc(C(=O)CO)c(O)c5c4[C@@]2(CCN3CC2CC2)C1O5. The number of carbonyl (C=O) groups is 2. The number of hydrogen-bond acceptors (Lipinski definition) is 6. The van der Waals surface area contributed by atoms with E-state index in [4.69, 9.17) is 4.74 Å². The molecule has 7 heteroatoms. The fourth-order valence-electron chi connectivity index (χ4n) is 8.76. The smallest absolute Gasteiger partial charge is 0.246 e. The van der Waals surface area contributed by atoms with Crippen molar-refractivity contribution in [3.8, 4) is 11.5 Å². The van der Waals surface area contributed by atoms with Crippen molar-refractivity contribution in [2.45, 2.75) is 76.0 Å². The average Bonchev–Trinajstić information content (AvgIpc) is 3.74. The van der Waals surface area contributed by atoms with Crippen molar-refractivity contribution in [3.05, 3.63) is 64.7 Å². The molecule has 2 aliphatic heterocycles. The predicted molar refractivity (Wildman–Crippen MR) is 161 cm³/mol. The third kappa shape index (κ3) is 4.39. The molecule has 7 nitrogen and oxygen atoms in total. The molecule has 222 valence electrons. The minimum atomic E-state index is -0.659. The van der Waals surface area contributed by atoms with Gasteiger partial charge in [0.2, 0.25) is 5.91 Å². The number of aliphatic hydroxyl groups is 1. The number of amides is 1. The van der Waals surface area contributed by atoms with Gasteiger partial charge in [0.05, 0.1) is 11.6 Å². The van der Waals surface area contributed by atoms with E-state index in [-0.39, 0.29) is 40.7 Å². The Morgan fingerprint density at radius 2 is 1.95 bits per heavy atom. The van der Waals surface area contributed by atoms with Gasteiger partial charge in [0, 0.05) is 36.2 Å².